The normalized spacial score (nSPS) is 11.1. The Labute approximate surface area is 201 Å². The van der Waals surface area contributed by atoms with Gasteiger partial charge in [0.15, 0.2) is 6.04 Å². The smallest absolute Gasteiger partial charge is 0.333 e. The molecule has 0 aliphatic heterocycles. The van der Waals surface area contributed by atoms with Crippen molar-refractivity contribution in [1.82, 2.24) is 0 Å². The van der Waals surface area contributed by atoms with Crippen molar-refractivity contribution >= 4 is 40.2 Å². The summed E-state index contributed by atoms with van der Waals surface area (Å²) in [4.78, 5) is 24.3. The molecule has 0 aliphatic rings. The van der Waals surface area contributed by atoms with E-state index in [9.17, 15) is 9.59 Å². The van der Waals surface area contributed by atoms with Crippen LogP contribution in [-0.4, -0.2) is 32.3 Å². The monoisotopic (exact) mass is 548 g/mol. The van der Waals surface area contributed by atoms with Crippen LogP contribution >= 0.6 is 22.6 Å². The second-order valence-electron chi connectivity index (χ2n) is 6.90. The Morgan fingerprint density at radius 1 is 1.22 bits per heavy atom. The van der Waals surface area contributed by atoms with Crippen LogP contribution in [0.15, 0.2) is 48.6 Å². The Kier molecular flexibility index (Phi) is 9.53. The van der Waals surface area contributed by atoms with Crippen LogP contribution in [0.2, 0.25) is 0 Å². The highest BCUT2D eigenvalue weighted by Crippen LogP contribution is 2.35. The second-order valence-corrected chi connectivity index (χ2v) is 8.07. The molecule has 0 bridgehead atoms. The lowest BCUT2D eigenvalue weighted by Crippen LogP contribution is -2.24. The minimum atomic E-state index is -0.846. The van der Waals surface area contributed by atoms with Gasteiger partial charge in [-0.1, -0.05) is 13.5 Å². The molecule has 1 unspecified atom stereocenters. The van der Waals surface area contributed by atoms with Gasteiger partial charge in [0, 0.05) is 16.8 Å². The van der Waals surface area contributed by atoms with Crippen molar-refractivity contribution in [2.24, 2.45) is 0 Å². The summed E-state index contributed by atoms with van der Waals surface area (Å²) in [5.74, 6) is -0.470. The fourth-order valence-electron chi connectivity index (χ4n) is 2.83. The molecular weight excluding hydrogens is 523 g/mol. The molecule has 0 amide bonds. The first-order valence-electron chi connectivity index (χ1n) is 9.93. The number of rotatable bonds is 10. The quantitative estimate of drug-likeness (QED) is 0.201. The average molecular weight is 548 g/mol. The van der Waals surface area contributed by atoms with E-state index in [1.165, 1.54) is 7.11 Å². The van der Waals surface area contributed by atoms with Crippen LogP contribution in [0.1, 0.15) is 36.6 Å². The van der Waals surface area contributed by atoms with Gasteiger partial charge in [0.2, 0.25) is 0 Å². The summed E-state index contributed by atoms with van der Waals surface area (Å²) in [6.07, 6.45) is 0.768. The van der Waals surface area contributed by atoms with E-state index in [1.807, 2.05) is 19.1 Å². The number of methoxy groups -OCH3 is 1. The largest absolute Gasteiger partial charge is 0.489 e. The highest BCUT2D eigenvalue weighted by Gasteiger charge is 2.27. The lowest BCUT2D eigenvalue weighted by Gasteiger charge is -2.23. The van der Waals surface area contributed by atoms with Gasteiger partial charge in [-0.15, -0.1) is 0 Å². The Balaban J connectivity index is 2.36. The lowest BCUT2D eigenvalue weighted by molar-refractivity contribution is -0.141. The van der Waals surface area contributed by atoms with Gasteiger partial charge < -0.3 is 19.5 Å². The lowest BCUT2D eigenvalue weighted by atomic mass is 10.0. The van der Waals surface area contributed by atoms with E-state index in [-0.39, 0.29) is 13.2 Å². The third-order valence-electron chi connectivity index (χ3n) is 4.52. The standard InChI is InChI=1S/C24H25IN2O5/c1-5-16-12-19(22(20(25)13-16)31-10-11-32-23(28)15(2)3)21(24(29)30-4)27-18-8-6-17(14-26)7-9-18/h6-9,12-13,21,27H,2,5,10-11H2,1,3-4H3. The SMILES string of the molecule is C=C(C)C(=O)OCCOc1c(I)cc(CC)cc1C(Nc1ccc(C#N)cc1)C(=O)OC. The van der Waals surface area contributed by atoms with Gasteiger partial charge in [0.25, 0.3) is 0 Å². The van der Waals surface area contributed by atoms with E-state index in [0.29, 0.717) is 28.1 Å². The zero-order valence-corrected chi connectivity index (χ0v) is 20.4. The first-order chi connectivity index (χ1) is 15.3. The predicted molar refractivity (Wildman–Crippen MR) is 129 cm³/mol. The number of nitrogens with one attached hydrogen (secondary N) is 1. The number of hydrogen-bond acceptors (Lipinski definition) is 7. The molecule has 0 saturated carbocycles. The molecule has 32 heavy (non-hydrogen) atoms. The first kappa shape index (κ1) is 25.2. The van der Waals surface area contributed by atoms with Crippen molar-refractivity contribution < 1.29 is 23.8 Å². The number of aryl methyl sites for hydroxylation is 1. The Bertz CT molecular complexity index is 1030. The van der Waals surface area contributed by atoms with Crippen LogP contribution in [0.3, 0.4) is 0 Å². The number of benzene rings is 2. The third kappa shape index (κ3) is 6.72. The van der Waals surface area contributed by atoms with Gasteiger partial charge in [-0.3, -0.25) is 0 Å². The molecule has 7 nitrogen and oxygen atoms in total. The van der Waals surface area contributed by atoms with Crippen molar-refractivity contribution in [3.05, 3.63) is 68.8 Å². The first-order valence-corrected chi connectivity index (χ1v) is 11.0. The molecule has 0 heterocycles. The summed E-state index contributed by atoms with van der Waals surface area (Å²) in [5.41, 5.74) is 3.11. The Morgan fingerprint density at radius 2 is 1.91 bits per heavy atom. The molecule has 2 rings (SSSR count). The van der Waals surface area contributed by atoms with Crippen molar-refractivity contribution in [3.8, 4) is 11.8 Å². The minimum absolute atomic E-state index is 0.0443. The maximum absolute atomic E-state index is 12.7. The number of esters is 2. The number of hydrogen-bond donors (Lipinski definition) is 1. The van der Waals surface area contributed by atoms with Crippen LogP contribution in [0.4, 0.5) is 5.69 Å². The van der Waals surface area contributed by atoms with Gasteiger partial charge in [-0.2, -0.15) is 5.26 Å². The van der Waals surface area contributed by atoms with E-state index in [4.69, 9.17) is 19.5 Å². The summed E-state index contributed by atoms with van der Waals surface area (Å²) >= 11 is 2.16. The Hall–Kier alpha value is -3.06. The molecule has 0 aliphatic carbocycles. The number of halogens is 1. The molecule has 0 fully saturated rings. The minimum Gasteiger partial charge on any atom is -0.489 e. The van der Waals surface area contributed by atoms with Crippen LogP contribution in [-0.2, 0) is 25.5 Å². The fourth-order valence-corrected chi connectivity index (χ4v) is 3.70. The molecule has 0 saturated heterocycles. The van der Waals surface area contributed by atoms with Gasteiger partial charge in [-0.25, -0.2) is 9.59 Å². The van der Waals surface area contributed by atoms with E-state index in [1.54, 1.807) is 31.2 Å². The number of anilines is 1. The van der Waals surface area contributed by atoms with Crippen LogP contribution in [0, 0.1) is 14.9 Å². The second kappa shape index (κ2) is 12.1. The van der Waals surface area contributed by atoms with Crippen LogP contribution < -0.4 is 10.1 Å². The fraction of sp³-hybridized carbons (Fsp3) is 0.292. The van der Waals surface area contributed by atoms with Crippen molar-refractivity contribution in [2.75, 3.05) is 25.6 Å². The summed E-state index contributed by atoms with van der Waals surface area (Å²) in [7, 11) is 1.32. The summed E-state index contributed by atoms with van der Waals surface area (Å²) in [6, 6.07) is 11.9. The number of carbonyl (C=O) groups is 2. The van der Waals surface area contributed by atoms with Crippen molar-refractivity contribution in [3.63, 3.8) is 0 Å². The predicted octanol–water partition coefficient (Wildman–Crippen LogP) is 4.55. The van der Waals surface area contributed by atoms with E-state index in [2.05, 4.69) is 40.6 Å². The van der Waals surface area contributed by atoms with Gasteiger partial charge in [-0.05, 0) is 77.9 Å². The third-order valence-corrected chi connectivity index (χ3v) is 5.33. The highest BCUT2D eigenvalue weighted by molar-refractivity contribution is 14.1. The molecular formula is C24H25IN2O5. The van der Waals surface area contributed by atoms with Crippen molar-refractivity contribution in [2.45, 2.75) is 26.3 Å². The highest BCUT2D eigenvalue weighted by atomic mass is 127. The van der Waals surface area contributed by atoms with Crippen LogP contribution in [0.25, 0.3) is 0 Å². The molecule has 168 valence electrons. The van der Waals surface area contributed by atoms with Gasteiger partial charge in [0.1, 0.15) is 19.0 Å². The Morgan fingerprint density at radius 3 is 2.47 bits per heavy atom. The number of nitriles is 1. The maximum Gasteiger partial charge on any atom is 0.333 e. The van der Waals surface area contributed by atoms with Gasteiger partial charge in [0.05, 0.1) is 22.3 Å². The zero-order valence-electron chi connectivity index (χ0n) is 18.2. The summed E-state index contributed by atoms with van der Waals surface area (Å²) in [6.45, 7) is 7.30. The molecule has 1 N–H and O–H groups in total. The molecule has 2 aromatic carbocycles. The molecule has 1 atom stereocenters. The summed E-state index contributed by atoms with van der Waals surface area (Å²) < 4.78 is 16.9. The number of nitrogens with zero attached hydrogens (tertiary/aromatic N) is 1. The van der Waals surface area contributed by atoms with Gasteiger partial charge >= 0.3 is 11.9 Å². The number of ether oxygens (including phenoxy) is 3. The molecule has 2 aromatic rings. The molecule has 0 aromatic heterocycles. The molecule has 8 heteroatoms. The molecule has 0 spiro atoms. The van der Waals surface area contributed by atoms with E-state index < -0.39 is 18.0 Å². The summed E-state index contributed by atoms with van der Waals surface area (Å²) in [5, 5.41) is 12.2. The topological polar surface area (TPSA) is 97.6 Å². The number of carbonyl (C=O) groups excluding carboxylic acids is 2. The zero-order chi connectivity index (χ0) is 23.7. The van der Waals surface area contributed by atoms with Crippen molar-refractivity contribution in [1.29, 1.82) is 5.26 Å². The average Bonchev–Trinajstić information content (AvgIpc) is 2.80. The van der Waals surface area contributed by atoms with Crippen LogP contribution in [0.5, 0.6) is 5.75 Å². The molecule has 0 radical (unpaired) electrons. The van der Waals surface area contributed by atoms with E-state index >= 15 is 0 Å². The maximum atomic E-state index is 12.7. The van der Waals surface area contributed by atoms with E-state index in [0.717, 1.165) is 15.6 Å².